The van der Waals surface area contributed by atoms with Crippen molar-refractivity contribution in [2.45, 2.75) is 20.4 Å². The summed E-state index contributed by atoms with van der Waals surface area (Å²) in [5.74, 6) is -0.677. The average molecular weight is 450 g/mol. The van der Waals surface area contributed by atoms with Crippen LogP contribution in [0, 0.1) is 25.5 Å². The number of amides is 1. The second-order valence-corrected chi connectivity index (χ2v) is 8.52. The van der Waals surface area contributed by atoms with Crippen molar-refractivity contribution in [1.82, 2.24) is 9.47 Å². The molecule has 0 radical (unpaired) electrons. The van der Waals surface area contributed by atoms with Crippen LogP contribution in [0.15, 0.2) is 59.0 Å². The Morgan fingerprint density at radius 1 is 0.970 bits per heavy atom. The van der Waals surface area contributed by atoms with Crippen LogP contribution in [0.5, 0.6) is 0 Å². The molecule has 0 unspecified atom stereocenters. The molecule has 2 aromatic carbocycles. The summed E-state index contributed by atoms with van der Waals surface area (Å²) in [7, 11) is 0. The number of hydrogen-bond donors (Lipinski definition) is 0. The first-order valence-corrected chi connectivity index (χ1v) is 11.0. The zero-order valence-electron chi connectivity index (χ0n) is 18.6. The SMILES string of the molecule is Cc1cc2c(cc(C(=O)N3CCN(c4ccccc4C)CC3)n2Cc2ccc(F)cc2F)o1. The second kappa shape index (κ2) is 8.39. The number of aromatic nitrogens is 1. The number of halogens is 2. The number of fused-ring (bicyclic) bond motifs is 1. The average Bonchev–Trinajstić information content (AvgIpc) is 3.32. The van der Waals surface area contributed by atoms with Crippen LogP contribution in [0.4, 0.5) is 14.5 Å². The van der Waals surface area contributed by atoms with Gasteiger partial charge in [0.1, 0.15) is 23.1 Å². The van der Waals surface area contributed by atoms with E-state index in [-0.39, 0.29) is 12.5 Å². The Labute approximate surface area is 190 Å². The van der Waals surface area contributed by atoms with Crippen LogP contribution in [0.2, 0.25) is 0 Å². The van der Waals surface area contributed by atoms with E-state index in [4.69, 9.17) is 4.42 Å². The molecule has 0 spiro atoms. The van der Waals surface area contributed by atoms with Gasteiger partial charge in [-0.25, -0.2) is 8.78 Å². The Hall–Kier alpha value is -3.61. The molecule has 1 fully saturated rings. The molecule has 4 aromatic rings. The van der Waals surface area contributed by atoms with E-state index < -0.39 is 11.6 Å². The van der Waals surface area contributed by atoms with Gasteiger partial charge in [-0.05, 0) is 31.5 Å². The third-order valence-corrected chi connectivity index (χ3v) is 6.30. The molecule has 0 N–H and O–H groups in total. The van der Waals surface area contributed by atoms with Gasteiger partial charge in [-0.2, -0.15) is 0 Å². The zero-order chi connectivity index (χ0) is 23.1. The normalized spacial score (nSPS) is 14.3. The minimum atomic E-state index is -0.637. The minimum absolute atomic E-state index is 0.110. The Balaban J connectivity index is 1.41. The summed E-state index contributed by atoms with van der Waals surface area (Å²) in [6, 6.07) is 15.3. The number of anilines is 1. The summed E-state index contributed by atoms with van der Waals surface area (Å²) in [6.45, 7) is 6.67. The Kier molecular flexibility index (Phi) is 5.40. The first-order chi connectivity index (χ1) is 15.9. The second-order valence-electron chi connectivity index (χ2n) is 8.52. The third kappa shape index (κ3) is 3.99. The molecule has 1 aliphatic heterocycles. The predicted molar refractivity (Wildman–Crippen MR) is 124 cm³/mol. The number of para-hydroxylation sites is 1. The maximum atomic E-state index is 14.4. The van der Waals surface area contributed by atoms with E-state index in [1.165, 1.54) is 23.4 Å². The number of hydrogen-bond acceptors (Lipinski definition) is 3. The highest BCUT2D eigenvalue weighted by Crippen LogP contribution is 2.27. The van der Waals surface area contributed by atoms with Gasteiger partial charge in [-0.3, -0.25) is 4.79 Å². The standard InChI is InChI=1S/C26H25F2N3O2/c1-17-5-3-4-6-22(17)29-9-11-30(12-10-29)26(32)24-15-25-23(13-18(2)33-25)31(24)16-19-7-8-20(27)14-21(19)28/h3-8,13-15H,9-12,16H2,1-2H3. The Morgan fingerprint density at radius 3 is 2.45 bits per heavy atom. The van der Waals surface area contributed by atoms with E-state index in [2.05, 4.69) is 24.0 Å². The highest BCUT2D eigenvalue weighted by Gasteiger charge is 2.27. The van der Waals surface area contributed by atoms with E-state index >= 15 is 0 Å². The molecule has 1 amide bonds. The van der Waals surface area contributed by atoms with E-state index in [0.717, 1.165) is 24.7 Å². The fourth-order valence-corrected chi connectivity index (χ4v) is 4.56. The lowest BCUT2D eigenvalue weighted by atomic mass is 10.1. The summed E-state index contributed by atoms with van der Waals surface area (Å²) < 4.78 is 35.3. The molecule has 7 heteroatoms. The van der Waals surface area contributed by atoms with Crippen molar-refractivity contribution >= 4 is 22.7 Å². The molecule has 170 valence electrons. The van der Waals surface area contributed by atoms with Gasteiger partial charge in [-0.1, -0.05) is 24.3 Å². The minimum Gasteiger partial charge on any atom is -0.460 e. The number of furan rings is 1. The fraction of sp³-hybridized carbons (Fsp3) is 0.269. The maximum Gasteiger partial charge on any atom is 0.270 e. The fourth-order valence-electron chi connectivity index (χ4n) is 4.56. The number of piperazine rings is 1. The van der Waals surface area contributed by atoms with Gasteiger partial charge >= 0.3 is 0 Å². The van der Waals surface area contributed by atoms with Crippen LogP contribution < -0.4 is 4.90 Å². The molecule has 5 nitrogen and oxygen atoms in total. The lowest BCUT2D eigenvalue weighted by Crippen LogP contribution is -2.49. The van der Waals surface area contributed by atoms with Crippen LogP contribution in [-0.4, -0.2) is 41.6 Å². The molecular weight excluding hydrogens is 424 g/mol. The first kappa shape index (κ1) is 21.2. The van der Waals surface area contributed by atoms with Crippen LogP contribution in [0.1, 0.15) is 27.4 Å². The number of nitrogens with zero attached hydrogens (tertiary/aromatic N) is 3. The van der Waals surface area contributed by atoms with Gasteiger partial charge in [0.15, 0.2) is 5.58 Å². The van der Waals surface area contributed by atoms with Crippen molar-refractivity contribution in [2.75, 3.05) is 31.1 Å². The van der Waals surface area contributed by atoms with Crippen molar-refractivity contribution in [3.63, 3.8) is 0 Å². The lowest BCUT2D eigenvalue weighted by molar-refractivity contribution is 0.0736. The number of carbonyl (C=O) groups excluding carboxylic acids is 1. The summed E-state index contributed by atoms with van der Waals surface area (Å²) >= 11 is 0. The highest BCUT2D eigenvalue weighted by atomic mass is 19.1. The third-order valence-electron chi connectivity index (χ3n) is 6.30. The van der Waals surface area contributed by atoms with Crippen LogP contribution in [0.25, 0.3) is 11.1 Å². The molecule has 33 heavy (non-hydrogen) atoms. The summed E-state index contributed by atoms with van der Waals surface area (Å²) in [4.78, 5) is 17.6. The lowest BCUT2D eigenvalue weighted by Gasteiger charge is -2.37. The van der Waals surface area contributed by atoms with Gasteiger partial charge in [-0.15, -0.1) is 0 Å². The van der Waals surface area contributed by atoms with Gasteiger partial charge < -0.3 is 18.8 Å². The van der Waals surface area contributed by atoms with Crippen molar-refractivity contribution in [3.05, 3.63) is 88.8 Å². The molecule has 1 saturated heterocycles. The summed E-state index contributed by atoms with van der Waals surface area (Å²) in [5, 5.41) is 0. The number of benzene rings is 2. The van der Waals surface area contributed by atoms with Crippen LogP contribution in [0.3, 0.4) is 0 Å². The molecule has 0 bridgehead atoms. The number of carbonyl (C=O) groups is 1. The van der Waals surface area contributed by atoms with Crippen molar-refractivity contribution in [3.8, 4) is 0 Å². The molecule has 0 saturated carbocycles. The molecule has 0 atom stereocenters. The molecule has 1 aliphatic rings. The topological polar surface area (TPSA) is 41.6 Å². The van der Waals surface area contributed by atoms with Gasteiger partial charge in [0.05, 0.1) is 12.1 Å². The molecular formula is C26H25F2N3O2. The largest absolute Gasteiger partial charge is 0.460 e. The maximum absolute atomic E-state index is 14.4. The van der Waals surface area contributed by atoms with E-state index in [0.29, 0.717) is 35.7 Å². The smallest absolute Gasteiger partial charge is 0.270 e. The summed E-state index contributed by atoms with van der Waals surface area (Å²) in [5.41, 5.74) is 4.45. The number of aryl methyl sites for hydroxylation is 2. The van der Waals surface area contributed by atoms with Crippen LogP contribution >= 0.6 is 0 Å². The number of rotatable bonds is 4. The molecule has 5 rings (SSSR count). The molecule has 2 aromatic heterocycles. The van der Waals surface area contributed by atoms with E-state index in [9.17, 15) is 13.6 Å². The van der Waals surface area contributed by atoms with Crippen molar-refractivity contribution in [1.29, 1.82) is 0 Å². The van der Waals surface area contributed by atoms with Crippen molar-refractivity contribution < 1.29 is 18.0 Å². The quantitative estimate of drug-likeness (QED) is 0.433. The molecule has 3 heterocycles. The van der Waals surface area contributed by atoms with E-state index in [1.807, 2.05) is 30.0 Å². The summed E-state index contributed by atoms with van der Waals surface area (Å²) in [6.07, 6.45) is 0. The van der Waals surface area contributed by atoms with Gasteiger partial charge in [0.2, 0.25) is 0 Å². The van der Waals surface area contributed by atoms with Crippen molar-refractivity contribution in [2.24, 2.45) is 0 Å². The van der Waals surface area contributed by atoms with Gasteiger partial charge in [0.25, 0.3) is 5.91 Å². The Morgan fingerprint density at radius 2 is 1.73 bits per heavy atom. The van der Waals surface area contributed by atoms with E-state index in [1.54, 1.807) is 10.6 Å². The highest BCUT2D eigenvalue weighted by molar-refractivity contribution is 5.98. The van der Waals surface area contributed by atoms with Crippen LogP contribution in [-0.2, 0) is 6.54 Å². The predicted octanol–water partition coefficient (Wildman–Crippen LogP) is 5.14. The first-order valence-electron chi connectivity index (χ1n) is 11.0. The zero-order valence-corrected chi connectivity index (χ0v) is 18.6. The molecule has 0 aliphatic carbocycles. The monoisotopic (exact) mass is 449 g/mol. The Bertz CT molecular complexity index is 1330. The van der Waals surface area contributed by atoms with Gasteiger partial charge in [0, 0.05) is 55.6 Å².